The average molecular weight is 527 g/mol. The van der Waals surface area contributed by atoms with Crippen LogP contribution in [0.4, 0.5) is 0 Å². The van der Waals surface area contributed by atoms with Gasteiger partial charge in [-0.05, 0) is 79.6 Å². The number of carbonyl (C=O) groups excluding carboxylic acids is 1. The summed E-state index contributed by atoms with van der Waals surface area (Å²) in [6.45, 7) is 1.26. The van der Waals surface area contributed by atoms with Crippen molar-refractivity contribution < 1.29 is 14.7 Å². The molecule has 5 rings (SSSR count). The van der Waals surface area contributed by atoms with E-state index < -0.39 is 5.97 Å². The van der Waals surface area contributed by atoms with E-state index in [1.54, 1.807) is 12.1 Å². The molecule has 2 aliphatic rings. The predicted molar refractivity (Wildman–Crippen MR) is 146 cm³/mol. The van der Waals surface area contributed by atoms with E-state index in [2.05, 4.69) is 6.07 Å². The van der Waals surface area contributed by atoms with Gasteiger partial charge in [0.25, 0.3) is 5.91 Å². The third-order valence-corrected chi connectivity index (χ3v) is 7.44. The number of benzene rings is 2. The monoisotopic (exact) mass is 526 g/mol. The lowest BCUT2D eigenvalue weighted by Gasteiger charge is -2.39. The number of halogens is 1. The lowest BCUT2D eigenvalue weighted by Crippen LogP contribution is -2.48. The van der Waals surface area contributed by atoms with Gasteiger partial charge >= 0.3 is 5.97 Å². The van der Waals surface area contributed by atoms with Gasteiger partial charge in [-0.1, -0.05) is 29.8 Å². The van der Waals surface area contributed by atoms with E-state index in [0.29, 0.717) is 54.5 Å². The molecule has 2 aromatic carbocycles. The van der Waals surface area contributed by atoms with Crippen molar-refractivity contribution in [3.8, 4) is 6.07 Å². The summed E-state index contributed by atoms with van der Waals surface area (Å²) >= 11 is 6.16. The number of aliphatic carboxylic acids is 1. The molecular weight excluding hydrogens is 500 g/mol. The van der Waals surface area contributed by atoms with Crippen LogP contribution in [0.2, 0.25) is 0 Å². The van der Waals surface area contributed by atoms with Crippen molar-refractivity contribution in [1.82, 2.24) is 14.9 Å². The maximum absolute atomic E-state index is 13.2. The second-order valence-electron chi connectivity index (χ2n) is 9.77. The first-order valence-corrected chi connectivity index (χ1v) is 13.2. The summed E-state index contributed by atoms with van der Waals surface area (Å²) in [4.78, 5) is 35.8. The zero-order chi connectivity index (χ0) is 26.6. The highest BCUT2D eigenvalue weighted by Gasteiger charge is 2.32. The van der Waals surface area contributed by atoms with E-state index in [-0.39, 0.29) is 18.2 Å². The van der Waals surface area contributed by atoms with Crippen LogP contribution < -0.4 is 0 Å². The van der Waals surface area contributed by atoms with Crippen molar-refractivity contribution in [2.75, 3.05) is 13.1 Å². The van der Waals surface area contributed by atoms with Gasteiger partial charge in [-0.15, -0.1) is 0 Å². The second kappa shape index (κ2) is 11.2. The molecule has 192 valence electrons. The van der Waals surface area contributed by atoms with E-state index in [1.165, 1.54) is 0 Å². The summed E-state index contributed by atoms with van der Waals surface area (Å²) in [6.07, 6.45) is 7.36. The Balaban J connectivity index is 1.36. The number of nitrogens with zero attached hydrogens (tertiary/aromatic N) is 4. The minimum atomic E-state index is -0.805. The molecule has 1 aromatic heterocycles. The molecule has 1 amide bonds. The molecule has 7 nitrogen and oxygen atoms in total. The highest BCUT2D eigenvalue weighted by molar-refractivity contribution is 6.29. The van der Waals surface area contributed by atoms with Gasteiger partial charge in [-0.2, -0.15) is 5.26 Å². The molecular formula is C30H27ClN4O3. The van der Waals surface area contributed by atoms with E-state index in [9.17, 15) is 9.59 Å². The fourth-order valence-corrected chi connectivity index (χ4v) is 5.06. The fourth-order valence-electron chi connectivity index (χ4n) is 4.90. The topological polar surface area (TPSA) is 107 Å². The first-order chi connectivity index (χ1) is 18.4. The molecule has 1 aliphatic carbocycles. The van der Waals surface area contributed by atoms with Crippen LogP contribution in [-0.4, -0.2) is 44.9 Å². The summed E-state index contributed by atoms with van der Waals surface area (Å²) in [5.41, 5.74) is 6.39. The minimum Gasteiger partial charge on any atom is -0.481 e. The summed E-state index contributed by atoms with van der Waals surface area (Å²) in [6, 6.07) is 15.1. The van der Waals surface area contributed by atoms with E-state index in [1.807, 2.05) is 47.4 Å². The fraction of sp³-hybridized carbons (Fsp3) is 0.300. The number of hydrogen-bond donors (Lipinski definition) is 1. The molecule has 0 unspecified atom stereocenters. The van der Waals surface area contributed by atoms with Crippen LogP contribution in [0.1, 0.15) is 70.9 Å². The van der Waals surface area contributed by atoms with Gasteiger partial charge in [-0.3, -0.25) is 9.59 Å². The van der Waals surface area contributed by atoms with Crippen molar-refractivity contribution in [3.63, 3.8) is 0 Å². The molecule has 0 atom stereocenters. The average Bonchev–Trinajstić information content (AvgIpc) is 2.90. The molecule has 0 bridgehead atoms. The predicted octanol–water partition coefficient (Wildman–Crippen LogP) is 5.84. The largest absolute Gasteiger partial charge is 0.481 e. The molecule has 1 fully saturated rings. The lowest BCUT2D eigenvalue weighted by molar-refractivity contribution is -0.137. The number of nitriles is 1. The molecule has 1 saturated heterocycles. The van der Waals surface area contributed by atoms with Crippen LogP contribution in [0, 0.1) is 11.3 Å². The van der Waals surface area contributed by atoms with Gasteiger partial charge in [0, 0.05) is 36.0 Å². The number of aromatic nitrogens is 2. The van der Waals surface area contributed by atoms with Crippen molar-refractivity contribution in [3.05, 3.63) is 87.7 Å². The van der Waals surface area contributed by atoms with Crippen molar-refractivity contribution in [2.24, 2.45) is 0 Å². The van der Waals surface area contributed by atoms with Gasteiger partial charge in [0.15, 0.2) is 0 Å². The molecule has 2 heterocycles. The molecule has 3 aromatic rings. The van der Waals surface area contributed by atoms with Crippen molar-refractivity contribution >= 4 is 40.1 Å². The number of carboxylic acids is 1. The van der Waals surface area contributed by atoms with Crippen LogP contribution in [0.15, 0.2) is 59.6 Å². The minimum absolute atomic E-state index is 0.0413. The normalized spacial score (nSPS) is 15.4. The number of allylic oxidation sites excluding steroid dienone is 4. The lowest BCUT2D eigenvalue weighted by atomic mass is 9.90. The second-order valence-corrected chi connectivity index (χ2v) is 10.3. The number of fused-ring (bicyclic) bond motifs is 1. The van der Waals surface area contributed by atoms with Crippen LogP contribution >= 0.6 is 11.6 Å². The first kappa shape index (κ1) is 25.6. The number of amides is 1. The maximum atomic E-state index is 13.2. The maximum Gasteiger partial charge on any atom is 0.303 e. The number of carbonyl (C=O) groups is 2. The van der Waals surface area contributed by atoms with E-state index in [4.69, 9.17) is 31.9 Å². The van der Waals surface area contributed by atoms with Crippen LogP contribution in [0.5, 0.6) is 0 Å². The Morgan fingerprint density at radius 1 is 1.03 bits per heavy atom. The van der Waals surface area contributed by atoms with Crippen LogP contribution in [-0.2, 0) is 11.2 Å². The third kappa shape index (κ3) is 5.61. The highest BCUT2D eigenvalue weighted by atomic mass is 35.5. The molecule has 38 heavy (non-hydrogen) atoms. The first-order valence-electron chi connectivity index (χ1n) is 12.8. The number of rotatable bonds is 8. The molecule has 1 N–H and O–H groups in total. The number of likely N-dealkylation sites (tertiary alicyclic amines) is 1. The van der Waals surface area contributed by atoms with Crippen LogP contribution in [0.25, 0.3) is 16.6 Å². The van der Waals surface area contributed by atoms with Gasteiger partial charge in [0.1, 0.15) is 0 Å². The molecule has 0 spiro atoms. The summed E-state index contributed by atoms with van der Waals surface area (Å²) < 4.78 is 0. The molecule has 8 heteroatoms. The van der Waals surface area contributed by atoms with Crippen molar-refractivity contribution in [1.29, 1.82) is 5.26 Å². The van der Waals surface area contributed by atoms with Gasteiger partial charge in [-0.25, -0.2) is 9.97 Å². The Morgan fingerprint density at radius 2 is 1.82 bits per heavy atom. The zero-order valence-corrected chi connectivity index (χ0v) is 21.6. The number of carboxylic acid groups (broad SMARTS) is 1. The molecule has 1 aliphatic heterocycles. The van der Waals surface area contributed by atoms with Crippen LogP contribution in [0.3, 0.4) is 0 Å². The third-order valence-electron chi connectivity index (χ3n) is 7.12. The smallest absolute Gasteiger partial charge is 0.303 e. The number of aryl methyl sites for hydroxylation is 1. The SMILES string of the molecule is N#Cc1ccc(C2CN(C(=O)c3ccc4nc(C5=CC=C(Cl)CC5)c(CCCCC(=O)O)nc4c3)C2)cc1. The van der Waals surface area contributed by atoms with Gasteiger partial charge in [0.2, 0.25) is 0 Å². The van der Waals surface area contributed by atoms with Gasteiger partial charge in [0.05, 0.1) is 34.1 Å². The summed E-state index contributed by atoms with van der Waals surface area (Å²) in [5, 5.41) is 18.8. The number of unbranched alkanes of at least 4 members (excludes halogenated alkanes) is 1. The Hall–Kier alpha value is -4.02. The Bertz CT molecular complexity index is 1500. The van der Waals surface area contributed by atoms with E-state index in [0.717, 1.165) is 40.4 Å². The van der Waals surface area contributed by atoms with Gasteiger partial charge < -0.3 is 10.0 Å². The summed E-state index contributed by atoms with van der Waals surface area (Å²) in [5.74, 6) is -0.584. The Labute approximate surface area is 226 Å². The van der Waals surface area contributed by atoms with Crippen molar-refractivity contribution in [2.45, 2.75) is 44.4 Å². The van der Waals surface area contributed by atoms with E-state index >= 15 is 0 Å². The molecule has 0 radical (unpaired) electrons. The standard InChI is InChI=1S/C30H27ClN4O3/c31-24-12-9-21(10-13-24)29-26(3-1-2-4-28(36)37)33-27-15-22(11-14-25(27)34-29)30(38)35-17-23(18-35)20-7-5-19(16-32)6-8-20/h5-9,11-12,14-15,23H,1-4,10,13,17-18H2,(H,36,37). The number of hydrogen-bond acceptors (Lipinski definition) is 5. The molecule has 0 saturated carbocycles. The quantitative estimate of drug-likeness (QED) is 0.369. The Morgan fingerprint density at radius 3 is 2.50 bits per heavy atom. The highest BCUT2D eigenvalue weighted by Crippen LogP contribution is 2.32. The summed E-state index contributed by atoms with van der Waals surface area (Å²) in [7, 11) is 0. The Kier molecular flexibility index (Phi) is 7.52. The zero-order valence-electron chi connectivity index (χ0n) is 20.9.